The number of nitrogens with zero attached hydrogens (tertiary/aromatic N) is 2. The summed E-state index contributed by atoms with van der Waals surface area (Å²) in [5.41, 5.74) is 3.45. The third-order valence-electron chi connectivity index (χ3n) is 2.70. The van der Waals surface area contributed by atoms with Crippen LogP contribution in [-0.4, -0.2) is 23.4 Å². The molecule has 0 aromatic heterocycles. The van der Waals surface area contributed by atoms with Crippen molar-refractivity contribution in [3.63, 3.8) is 0 Å². The number of nitrogens with one attached hydrogen (secondary N) is 1. The van der Waals surface area contributed by atoms with E-state index >= 15 is 0 Å². The van der Waals surface area contributed by atoms with Crippen molar-refractivity contribution in [3.05, 3.63) is 58.1 Å². The number of methoxy groups -OCH3 is 1. The molecule has 0 aliphatic heterocycles. The van der Waals surface area contributed by atoms with E-state index in [0.29, 0.717) is 0 Å². The lowest BCUT2D eigenvalue weighted by Gasteiger charge is -2.05. The Balaban J connectivity index is 2.26. The molecule has 0 spiro atoms. The highest BCUT2D eigenvalue weighted by Crippen LogP contribution is 2.32. The third-order valence-corrected chi connectivity index (χ3v) is 2.70. The zero-order valence-electron chi connectivity index (χ0n) is 11.2. The highest BCUT2D eigenvalue weighted by molar-refractivity contribution is 5.87. The molecule has 0 saturated heterocycles. The summed E-state index contributed by atoms with van der Waals surface area (Å²) in [4.78, 5) is 10.5. The predicted molar refractivity (Wildman–Crippen MR) is 79.0 cm³/mol. The maximum atomic E-state index is 11.0. The average Bonchev–Trinajstić information content (AvgIpc) is 2.48. The first kappa shape index (κ1) is 14.3. The standard InChI is InChI=1S/C14H13N3O4/c1-21-14-8-12(17(19)20)10(7-13(14)18)9-15-16-11-5-3-2-4-6-11/h2-9,16,18H,1H3/b15-9+. The number of benzene rings is 2. The molecule has 2 aromatic carbocycles. The number of hydrazone groups is 1. The van der Waals surface area contributed by atoms with Gasteiger partial charge in [-0.05, 0) is 18.2 Å². The van der Waals surface area contributed by atoms with Gasteiger partial charge in [0.05, 0.1) is 35.6 Å². The molecule has 7 heteroatoms. The third kappa shape index (κ3) is 3.47. The quantitative estimate of drug-likeness (QED) is 0.500. The fraction of sp³-hybridized carbons (Fsp3) is 0.0714. The van der Waals surface area contributed by atoms with E-state index in [1.807, 2.05) is 18.2 Å². The van der Waals surface area contributed by atoms with E-state index in [-0.39, 0.29) is 22.7 Å². The summed E-state index contributed by atoms with van der Waals surface area (Å²) in [6.07, 6.45) is 1.27. The number of hydrogen-bond acceptors (Lipinski definition) is 6. The smallest absolute Gasteiger partial charge is 0.282 e. The molecule has 0 aliphatic carbocycles. The van der Waals surface area contributed by atoms with Crippen LogP contribution in [0.1, 0.15) is 5.56 Å². The number of phenols is 1. The van der Waals surface area contributed by atoms with Gasteiger partial charge in [-0.2, -0.15) is 5.10 Å². The molecule has 0 saturated carbocycles. The fourth-order valence-electron chi connectivity index (χ4n) is 1.69. The highest BCUT2D eigenvalue weighted by Gasteiger charge is 2.17. The van der Waals surface area contributed by atoms with Crippen LogP contribution >= 0.6 is 0 Å². The number of hydrogen-bond donors (Lipinski definition) is 2. The van der Waals surface area contributed by atoms with E-state index in [1.165, 1.54) is 19.4 Å². The van der Waals surface area contributed by atoms with Crippen molar-refractivity contribution in [2.45, 2.75) is 0 Å². The summed E-state index contributed by atoms with van der Waals surface area (Å²) in [6, 6.07) is 11.5. The van der Waals surface area contributed by atoms with Crippen LogP contribution < -0.4 is 10.2 Å². The molecule has 0 radical (unpaired) electrons. The SMILES string of the molecule is COc1cc([N+](=O)[O-])c(/C=N/Nc2ccccc2)cc1O. The van der Waals surface area contributed by atoms with Gasteiger partial charge >= 0.3 is 0 Å². The molecule has 21 heavy (non-hydrogen) atoms. The second-order valence-corrected chi connectivity index (χ2v) is 4.08. The largest absolute Gasteiger partial charge is 0.504 e. The van der Waals surface area contributed by atoms with Crippen LogP contribution in [0, 0.1) is 10.1 Å². The minimum atomic E-state index is -0.564. The van der Waals surface area contributed by atoms with Gasteiger partial charge in [0.25, 0.3) is 5.69 Å². The topological polar surface area (TPSA) is 97.0 Å². The van der Waals surface area contributed by atoms with Gasteiger partial charge in [0.2, 0.25) is 0 Å². The second-order valence-electron chi connectivity index (χ2n) is 4.08. The number of phenolic OH excluding ortho intramolecular Hbond substituents is 1. The minimum Gasteiger partial charge on any atom is -0.504 e. The molecule has 0 atom stereocenters. The second kappa shape index (κ2) is 6.38. The van der Waals surface area contributed by atoms with Crippen molar-refractivity contribution in [1.29, 1.82) is 0 Å². The Bertz CT molecular complexity index is 671. The fourth-order valence-corrected chi connectivity index (χ4v) is 1.69. The van der Waals surface area contributed by atoms with E-state index in [9.17, 15) is 15.2 Å². The molecule has 2 rings (SSSR count). The molecule has 7 nitrogen and oxygen atoms in total. The molecule has 0 aliphatic rings. The van der Waals surface area contributed by atoms with E-state index in [2.05, 4.69) is 10.5 Å². The van der Waals surface area contributed by atoms with Crippen molar-refractivity contribution in [2.75, 3.05) is 12.5 Å². The average molecular weight is 287 g/mol. The number of aromatic hydroxyl groups is 1. The van der Waals surface area contributed by atoms with Crippen LogP contribution in [0.4, 0.5) is 11.4 Å². The van der Waals surface area contributed by atoms with Crippen LogP contribution in [0.15, 0.2) is 47.6 Å². The van der Waals surface area contributed by atoms with Crippen LogP contribution in [0.2, 0.25) is 0 Å². The predicted octanol–water partition coefficient (Wildman–Crippen LogP) is 2.76. The van der Waals surface area contributed by atoms with E-state index < -0.39 is 4.92 Å². The van der Waals surface area contributed by atoms with Crippen molar-refractivity contribution in [1.82, 2.24) is 0 Å². The maximum Gasteiger partial charge on any atom is 0.282 e. The molecule has 0 heterocycles. The lowest BCUT2D eigenvalue weighted by atomic mass is 10.1. The maximum absolute atomic E-state index is 11.0. The molecule has 0 amide bonds. The number of nitro groups is 1. The minimum absolute atomic E-state index is 0.0369. The van der Waals surface area contributed by atoms with E-state index in [0.717, 1.165) is 11.8 Å². The van der Waals surface area contributed by atoms with Gasteiger partial charge in [-0.25, -0.2) is 0 Å². The van der Waals surface area contributed by atoms with Gasteiger partial charge in [-0.15, -0.1) is 0 Å². The van der Waals surface area contributed by atoms with Gasteiger partial charge in [-0.1, -0.05) is 18.2 Å². The number of anilines is 1. The Kier molecular flexibility index (Phi) is 4.35. The van der Waals surface area contributed by atoms with Gasteiger partial charge in [-0.3, -0.25) is 15.5 Å². The van der Waals surface area contributed by atoms with E-state index in [1.54, 1.807) is 12.1 Å². The van der Waals surface area contributed by atoms with Crippen LogP contribution in [0.3, 0.4) is 0 Å². The molecule has 2 aromatic rings. The molecule has 108 valence electrons. The Morgan fingerprint density at radius 3 is 2.67 bits per heavy atom. The van der Waals surface area contributed by atoms with Gasteiger partial charge in [0, 0.05) is 0 Å². The van der Waals surface area contributed by atoms with Gasteiger partial charge in [0.15, 0.2) is 11.5 Å². The van der Waals surface area contributed by atoms with Crippen molar-refractivity contribution in [3.8, 4) is 11.5 Å². The summed E-state index contributed by atoms with van der Waals surface area (Å²) in [5.74, 6) is -0.154. The Labute approximate surface area is 120 Å². The lowest BCUT2D eigenvalue weighted by Crippen LogP contribution is -1.98. The number of ether oxygens (including phenoxy) is 1. The van der Waals surface area contributed by atoms with Crippen molar-refractivity contribution < 1.29 is 14.8 Å². The molecule has 0 unspecified atom stereocenters. The Hall–Kier alpha value is -3.09. The highest BCUT2D eigenvalue weighted by atomic mass is 16.6. The Morgan fingerprint density at radius 2 is 2.05 bits per heavy atom. The molecule has 0 fully saturated rings. The van der Waals surface area contributed by atoms with Crippen molar-refractivity contribution in [2.24, 2.45) is 5.10 Å². The Morgan fingerprint density at radius 1 is 1.33 bits per heavy atom. The zero-order chi connectivity index (χ0) is 15.2. The van der Waals surface area contributed by atoms with Gasteiger partial charge < -0.3 is 9.84 Å². The number of rotatable bonds is 5. The summed E-state index contributed by atoms with van der Waals surface area (Å²) in [6.45, 7) is 0. The van der Waals surface area contributed by atoms with Crippen LogP contribution in [0.25, 0.3) is 0 Å². The lowest BCUT2D eigenvalue weighted by molar-refractivity contribution is -0.385. The van der Waals surface area contributed by atoms with Gasteiger partial charge in [0.1, 0.15) is 0 Å². The van der Waals surface area contributed by atoms with E-state index in [4.69, 9.17) is 4.74 Å². The first-order valence-electron chi connectivity index (χ1n) is 6.01. The normalized spacial score (nSPS) is 10.5. The monoisotopic (exact) mass is 287 g/mol. The summed E-state index contributed by atoms with van der Waals surface area (Å²) < 4.78 is 4.85. The summed E-state index contributed by atoms with van der Waals surface area (Å²) in [5, 5.41) is 24.6. The van der Waals surface area contributed by atoms with Crippen LogP contribution in [0.5, 0.6) is 11.5 Å². The van der Waals surface area contributed by atoms with Crippen molar-refractivity contribution >= 4 is 17.6 Å². The molecule has 0 bridgehead atoms. The summed E-state index contributed by atoms with van der Waals surface area (Å²) >= 11 is 0. The zero-order valence-corrected chi connectivity index (χ0v) is 11.2. The van der Waals surface area contributed by atoms with Crippen LogP contribution in [-0.2, 0) is 0 Å². The number of para-hydroxylation sites is 1. The molecule has 2 N–H and O–H groups in total. The molecular weight excluding hydrogens is 274 g/mol. The molecular formula is C14H13N3O4. The summed E-state index contributed by atoms with van der Waals surface area (Å²) in [7, 11) is 1.32. The first-order valence-corrected chi connectivity index (χ1v) is 6.01. The first-order chi connectivity index (χ1) is 10.1. The number of nitro benzene ring substituents is 1.